The van der Waals surface area contributed by atoms with Gasteiger partial charge in [-0.3, -0.25) is 4.79 Å². The lowest BCUT2D eigenvalue weighted by Crippen LogP contribution is -1.87. The molecule has 3 heteroatoms. The maximum atomic E-state index is 10.9. The average molecular weight is 296 g/mol. The predicted octanol–water partition coefficient (Wildman–Crippen LogP) is 4.58. The van der Waals surface area contributed by atoms with Crippen LogP contribution in [0.25, 0.3) is 11.1 Å². The number of rotatable bonds is 2. The van der Waals surface area contributed by atoms with E-state index in [4.69, 9.17) is 11.6 Å². The van der Waals surface area contributed by atoms with Gasteiger partial charge in [-0.1, -0.05) is 57.9 Å². The second-order valence-corrected chi connectivity index (χ2v) is 4.62. The monoisotopic (exact) mass is 294 g/mol. The zero-order chi connectivity index (χ0) is 11.5. The number of hydrogen-bond acceptors (Lipinski definition) is 1. The molecule has 0 saturated carbocycles. The minimum atomic E-state index is 0.666. The van der Waals surface area contributed by atoms with Crippen molar-refractivity contribution in [3.8, 4) is 11.1 Å². The Morgan fingerprint density at radius 2 is 1.81 bits per heavy atom. The van der Waals surface area contributed by atoms with E-state index in [1.54, 1.807) is 6.07 Å². The van der Waals surface area contributed by atoms with Crippen LogP contribution < -0.4 is 0 Å². The van der Waals surface area contributed by atoms with Gasteiger partial charge < -0.3 is 0 Å². The van der Waals surface area contributed by atoms with Crippen LogP contribution in [0, 0.1) is 0 Å². The molecule has 0 aliphatic rings. The molecule has 0 fully saturated rings. The SMILES string of the molecule is O=Cc1ccccc1-c1ccc(Cl)cc1Br. The Morgan fingerprint density at radius 3 is 2.50 bits per heavy atom. The van der Waals surface area contributed by atoms with Crippen molar-refractivity contribution in [1.29, 1.82) is 0 Å². The second-order valence-electron chi connectivity index (χ2n) is 3.33. The molecule has 16 heavy (non-hydrogen) atoms. The number of halogens is 2. The minimum absolute atomic E-state index is 0.666. The molecule has 0 aliphatic heterocycles. The molecule has 0 atom stereocenters. The van der Waals surface area contributed by atoms with E-state index >= 15 is 0 Å². The summed E-state index contributed by atoms with van der Waals surface area (Å²) in [5.41, 5.74) is 2.54. The summed E-state index contributed by atoms with van der Waals surface area (Å²) < 4.78 is 0.884. The summed E-state index contributed by atoms with van der Waals surface area (Å²) in [5, 5.41) is 0.666. The van der Waals surface area contributed by atoms with Crippen LogP contribution in [0.5, 0.6) is 0 Å². The predicted molar refractivity (Wildman–Crippen MR) is 70.0 cm³/mol. The fraction of sp³-hybridized carbons (Fsp3) is 0. The third-order valence-electron chi connectivity index (χ3n) is 2.31. The van der Waals surface area contributed by atoms with Gasteiger partial charge in [0, 0.05) is 15.1 Å². The van der Waals surface area contributed by atoms with Crippen LogP contribution in [0.1, 0.15) is 10.4 Å². The summed E-state index contributed by atoms with van der Waals surface area (Å²) in [4.78, 5) is 10.9. The molecule has 2 aromatic carbocycles. The van der Waals surface area contributed by atoms with Gasteiger partial charge in [-0.05, 0) is 23.3 Å². The molecule has 0 spiro atoms. The number of aldehydes is 1. The first kappa shape index (κ1) is 11.4. The van der Waals surface area contributed by atoms with E-state index in [1.165, 1.54) is 0 Å². The molecule has 0 unspecified atom stereocenters. The van der Waals surface area contributed by atoms with Crippen LogP contribution >= 0.6 is 27.5 Å². The van der Waals surface area contributed by atoms with Crippen molar-refractivity contribution in [2.24, 2.45) is 0 Å². The van der Waals surface area contributed by atoms with Crippen molar-refractivity contribution >= 4 is 33.8 Å². The number of hydrogen-bond donors (Lipinski definition) is 0. The van der Waals surface area contributed by atoms with E-state index in [0.29, 0.717) is 10.6 Å². The first-order chi connectivity index (χ1) is 7.72. The third-order valence-corrected chi connectivity index (χ3v) is 3.20. The lowest BCUT2D eigenvalue weighted by atomic mass is 10.0. The summed E-state index contributed by atoms with van der Waals surface area (Å²) >= 11 is 9.33. The summed E-state index contributed by atoms with van der Waals surface area (Å²) in [6.07, 6.45) is 0.858. The average Bonchev–Trinajstić information content (AvgIpc) is 2.29. The van der Waals surface area contributed by atoms with Crippen LogP contribution in [0.4, 0.5) is 0 Å². The molecule has 0 amide bonds. The molecule has 0 N–H and O–H groups in total. The van der Waals surface area contributed by atoms with E-state index in [9.17, 15) is 4.79 Å². The van der Waals surface area contributed by atoms with Crippen molar-refractivity contribution < 1.29 is 4.79 Å². The van der Waals surface area contributed by atoms with Gasteiger partial charge in [0.2, 0.25) is 0 Å². The van der Waals surface area contributed by atoms with Crippen molar-refractivity contribution in [2.45, 2.75) is 0 Å². The fourth-order valence-electron chi connectivity index (χ4n) is 1.55. The van der Waals surface area contributed by atoms with Crippen molar-refractivity contribution in [2.75, 3.05) is 0 Å². The van der Waals surface area contributed by atoms with Crippen LogP contribution in [0.2, 0.25) is 5.02 Å². The summed E-state index contributed by atoms with van der Waals surface area (Å²) in [5.74, 6) is 0. The molecule has 0 saturated heterocycles. The van der Waals surface area contributed by atoms with Gasteiger partial charge in [-0.2, -0.15) is 0 Å². The van der Waals surface area contributed by atoms with Crippen LogP contribution in [0.15, 0.2) is 46.9 Å². The van der Waals surface area contributed by atoms with Gasteiger partial charge in [0.1, 0.15) is 0 Å². The summed E-state index contributed by atoms with van der Waals surface area (Å²) in [6, 6.07) is 13.0. The highest BCUT2D eigenvalue weighted by molar-refractivity contribution is 9.10. The first-order valence-electron chi connectivity index (χ1n) is 4.72. The van der Waals surface area contributed by atoms with Crippen molar-refractivity contribution in [3.63, 3.8) is 0 Å². The van der Waals surface area contributed by atoms with E-state index < -0.39 is 0 Å². The van der Waals surface area contributed by atoms with E-state index in [-0.39, 0.29) is 0 Å². The number of carbonyl (C=O) groups is 1. The minimum Gasteiger partial charge on any atom is -0.298 e. The van der Waals surface area contributed by atoms with Crippen LogP contribution in [-0.2, 0) is 0 Å². The molecule has 0 heterocycles. The van der Waals surface area contributed by atoms with Crippen molar-refractivity contribution in [3.05, 3.63) is 57.5 Å². The smallest absolute Gasteiger partial charge is 0.150 e. The van der Waals surface area contributed by atoms with Gasteiger partial charge in [-0.15, -0.1) is 0 Å². The van der Waals surface area contributed by atoms with E-state index in [1.807, 2.05) is 36.4 Å². The molecule has 0 bridgehead atoms. The molecule has 1 nitrogen and oxygen atoms in total. The lowest BCUT2D eigenvalue weighted by molar-refractivity contribution is 0.112. The Bertz CT molecular complexity index is 537. The molecular formula is C13H8BrClO. The molecule has 0 radical (unpaired) electrons. The Kier molecular flexibility index (Phi) is 3.42. The summed E-state index contributed by atoms with van der Waals surface area (Å²) in [6.45, 7) is 0. The van der Waals surface area contributed by atoms with Crippen molar-refractivity contribution in [1.82, 2.24) is 0 Å². The first-order valence-corrected chi connectivity index (χ1v) is 5.89. The standard InChI is InChI=1S/C13H8BrClO/c14-13-7-10(15)5-6-12(13)11-4-2-1-3-9(11)8-16/h1-8H. The van der Waals surface area contributed by atoms with Gasteiger partial charge in [0.05, 0.1) is 0 Å². The maximum Gasteiger partial charge on any atom is 0.150 e. The number of carbonyl (C=O) groups excluding carboxylic acids is 1. The molecule has 0 aliphatic carbocycles. The molecule has 2 rings (SSSR count). The summed E-state index contributed by atoms with van der Waals surface area (Å²) in [7, 11) is 0. The van der Waals surface area contributed by atoms with Crippen LogP contribution in [-0.4, -0.2) is 6.29 Å². The molecule has 2 aromatic rings. The third kappa shape index (κ3) is 2.18. The quantitative estimate of drug-likeness (QED) is 0.741. The van der Waals surface area contributed by atoms with Gasteiger partial charge in [0.15, 0.2) is 6.29 Å². The molecule has 80 valence electrons. The zero-order valence-electron chi connectivity index (χ0n) is 8.28. The Labute approximate surface area is 107 Å². The fourth-order valence-corrected chi connectivity index (χ4v) is 2.45. The zero-order valence-corrected chi connectivity index (χ0v) is 10.6. The van der Waals surface area contributed by atoms with E-state index in [0.717, 1.165) is 21.9 Å². The maximum absolute atomic E-state index is 10.9. The van der Waals surface area contributed by atoms with Gasteiger partial charge >= 0.3 is 0 Å². The Hall–Kier alpha value is -1.12. The highest BCUT2D eigenvalue weighted by Gasteiger charge is 2.07. The normalized spacial score (nSPS) is 10.1. The Morgan fingerprint density at radius 1 is 1.06 bits per heavy atom. The number of benzene rings is 2. The highest BCUT2D eigenvalue weighted by Crippen LogP contribution is 2.32. The topological polar surface area (TPSA) is 17.1 Å². The second kappa shape index (κ2) is 4.81. The van der Waals surface area contributed by atoms with E-state index in [2.05, 4.69) is 15.9 Å². The molecule has 0 aromatic heterocycles. The highest BCUT2D eigenvalue weighted by atomic mass is 79.9. The Balaban J connectivity index is 2.62. The van der Waals surface area contributed by atoms with Gasteiger partial charge in [-0.25, -0.2) is 0 Å². The van der Waals surface area contributed by atoms with Crippen LogP contribution in [0.3, 0.4) is 0 Å². The molecular weight excluding hydrogens is 287 g/mol. The largest absolute Gasteiger partial charge is 0.298 e. The lowest BCUT2D eigenvalue weighted by Gasteiger charge is -2.07. The van der Waals surface area contributed by atoms with Gasteiger partial charge in [0.25, 0.3) is 0 Å².